The van der Waals surface area contributed by atoms with Crippen molar-refractivity contribution >= 4 is 34.2 Å². The van der Waals surface area contributed by atoms with Crippen LogP contribution in [-0.2, 0) is 0 Å². The molecule has 0 aliphatic rings. The van der Waals surface area contributed by atoms with Crippen molar-refractivity contribution < 1.29 is 4.42 Å². The molecule has 0 unspecified atom stereocenters. The first-order valence-corrected chi connectivity index (χ1v) is 6.09. The highest BCUT2D eigenvalue weighted by atomic mass is 35.5. The maximum atomic E-state index is 5.99. The summed E-state index contributed by atoms with van der Waals surface area (Å²) in [5.74, 6) is 0.951. The minimum atomic E-state index is 0.338. The molecule has 0 bridgehead atoms. The number of halogens is 2. The van der Waals surface area contributed by atoms with Crippen molar-refractivity contribution in [3.05, 3.63) is 46.2 Å². The van der Waals surface area contributed by atoms with Gasteiger partial charge in [0.1, 0.15) is 15.9 Å². The van der Waals surface area contributed by atoms with Gasteiger partial charge in [-0.15, -0.1) is 0 Å². The van der Waals surface area contributed by atoms with Gasteiger partial charge in [-0.25, -0.2) is 9.97 Å². The van der Waals surface area contributed by atoms with Gasteiger partial charge in [-0.2, -0.15) is 0 Å². The Labute approximate surface area is 113 Å². The third-order valence-electron chi connectivity index (χ3n) is 2.67. The predicted octanol–water partition coefficient (Wildman–Crippen LogP) is 4.51. The highest BCUT2D eigenvalue weighted by Crippen LogP contribution is 2.28. The van der Waals surface area contributed by atoms with Gasteiger partial charge < -0.3 is 4.42 Å². The van der Waals surface area contributed by atoms with Crippen molar-refractivity contribution in [3.8, 4) is 11.6 Å². The van der Waals surface area contributed by atoms with E-state index < -0.39 is 0 Å². The molecule has 2 heterocycles. The zero-order valence-electron chi connectivity index (χ0n) is 9.45. The number of hydrogen-bond acceptors (Lipinski definition) is 3. The van der Waals surface area contributed by atoms with Crippen molar-refractivity contribution in [1.29, 1.82) is 0 Å². The second-order valence-corrected chi connectivity index (χ2v) is 4.62. The quantitative estimate of drug-likeness (QED) is 0.615. The summed E-state index contributed by atoms with van der Waals surface area (Å²) in [6, 6.07) is 9.56. The minimum absolute atomic E-state index is 0.338. The second-order valence-electron chi connectivity index (χ2n) is 3.90. The third-order valence-corrected chi connectivity index (χ3v) is 3.41. The molecule has 5 heteroatoms. The number of benzene rings is 1. The first-order chi connectivity index (χ1) is 8.65. The monoisotopic (exact) mass is 278 g/mol. The Balaban J connectivity index is 2.20. The van der Waals surface area contributed by atoms with E-state index in [1.807, 2.05) is 30.3 Å². The smallest absolute Gasteiger partial charge is 0.198 e. The van der Waals surface area contributed by atoms with Crippen LogP contribution < -0.4 is 0 Å². The van der Waals surface area contributed by atoms with E-state index in [0.717, 1.165) is 11.0 Å². The number of rotatable bonds is 1. The van der Waals surface area contributed by atoms with Crippen LogP contribution in [0, 0.1) is 6.92 Å². The Hall–Kier alpha value is -1.58. The highest BCUT2D eigenvalue weighted by Gasteiger charge is 2.13. The van der Waals surface area contributed by atoms with Gasteiger partial charge in [0.15, 0.2) is 11.6 Å². The van der Waals surface area contributed by atoms with E-state index in [4.69, 9.17) is 27.6 Å². The summed E-state index contributed by atoms with van der Waals surface area (Å²) in [5.41, 5.74) is 1.45. The van der Waals surface area contributed by atoms with Crippen LogP contribution in [0.3, 0.4) is 0 Å². The second kappa shape index (κ2) is 4.26. The largest absolute Gasteiger partial charge is 0.453 e. The fourth-order valence-electron chi connectivity index (χ4n) is 1.67. The molecular weight excluding hydrogens is 271 g/mol. The molecule has 0 N–H and O–H groups in total. The van der Waals surface area contributed by atoms with Crippen molar-refractivity contribution in [3.63, 3.8) is 0 Å². The molecule has 0 spiro atoms. The van der Waals surface area contributed by atoms with Crippen LogP contribution in [0.1, 0.15) is 5.56 Å². The molecule has 0 amide bonds. The molecule has 1 aromatic carbocycles. The molecule has 0 atom stereocenters. The van der Waals surface area contributed by atoms with Gasteiger partial charge in [0.25, 0.3) is 0 Å². The molecule has 3 aromatic rings. The number of fused-ring (bicyclic) bond motifs is 1. The lowest BCUT2D eigenvalue weighted by Gasteiger charge is -2.01. The van der Waals surface area contributed by atoms with Crippen molar-refractivity contribution in [2.24, 2.45) is 0 Å². The van der Waals surface area contributed by atoms with Crippen molar-refractivity contribution in [2.45, 2.75) is 6.92 Å². The van der Waals surface area contributed by atoms with E-state index in [0.29, 0.717) is 27.5 Å². The summed E-state index contributed by atoms with van der Waals surface area (Å²) in [5, 5.41) is 1.67. The molecule has 0 saturated carbocycles. The fraction of sp³-hybridized carbons (Fsp3) is 0.0769. The molecule has 0 radical (unpaired) electrons. The highest BCUT2D eigenvalue weighted by molar-refractivity contribution is 6.34. The van der Waals surface area contributed by atoms with E-state index in [1.165, 1.54) is 0 Å². The van der Waals surface area contributed by atoms with E-state index >= 15 is 0 Å². The van der Waals surface area contributed by atoms with Gasteiger partial charge >= 0.3 is 0 Å². The van der Waals surface area contributed by atoms with E-state index in [9.17, 15) is 0 Å². The molecule has 90 valence electrons. The average Bonchev–Trinajstić information content (AvgIpc) is 2.79. The van der Waals surface area contributed by atoms with Crippen molar-refractivity contribution in [1.82, 2.24) is 9.97 Å². The summed E-state index contributed by atoms with van der Waals surface area (Å²) in [6.45, 7) is 1.77. The molecule has 0 aliphatic carbocycles. The van der Waals surface area contributed by atoms with E-state index in [2.05, 4.69) is 9.97 Å². The Bertz CT molecular complexity index is 681. The maximum Gasteiger partial charge on any atom is 0.198 e. The van der Waals surface area contributed by atoms with Gasteiger partial charge in [-0.1, -0.05) is 41.4 Å². The molecule has 2 aromatic heterocycles. The first kappa shape index (κ1) is 11.5. The van der Waals surface area contributed by atoms with E-state index in [-0.39, 0.29) is 0 Å². The zero-order chi connectivity index (χ0) is 12.7. The van der Waals surface area contributed by atoms with Crippen LogP contribution in [0.5, 0.6) is 0 Å². The average molecular weight is 279 g/mol. The fourth-order valence-corrected chi connectivity index (χ4v) is 2.05. The van der Waals surface area contributed by atoms with Gasteiger partial charge in [0, 0.05) is 10.9 Å². The summed E-state index contributed by atoms with van der Waals surface area (Å²) < 4.78 is 5.66. The SMILES string of the molecule is Cc1c(Cl)nc(-c2cc3ccccc3o2)nc1Cl. The Kier molecular flexibility index (Phi) is 2.73. The van der Waals surface area contributed by atoms with Gasteiger partial charge in [-0.3, -0.25) is 0 Å². The lowest BCUT2D eigenvalue weighted by Crippen LogP contribution is -1.92. The number of aromatic nitrogens is 2. The minimum Gasteiger partial charge on any atom is -0.453 e. The van der Waals surface area contributed by atoms with Crippen LogP contribution in [0.4, 0.5) is 0 Å². The summed E-state index contributed by atoms with van der Waals surface area (Å²) >= 11 is 12.0. The van der Waals surface area contributed by atoms with Crippen LogP contribution in [0.25, 0.3) is 22.6 Å². The van der Waals surface area contributed by atoms with Crippen LogP contribution in [0.15, 0.2) is 34.7 Å². The summed E-state index contributed by atoms with van der Waals surface area (Å²) in [6.07, 6.45) is 0. The van der Waals surface area contributed by atoms with Crippen LogP contribution in [-0.4, -0.2) is 9.97 Å². The van der Waals surface area contributed by atoms with Gasteiger partial charge in [0.05, 0.1) is 0 Å². The lowest BCUT2D eigenvalue weighted by atomic mass is 10.2. The number of para-hydroxylation sites is 1. The maximum absolute atomic E-state index is 5.99. The summed E-state index contributed by atoms with van der Waals surface area (Å²) in [4.78, 5) is 8.35. The Morgan fingerprint density at radius 2 is 1.72 bits per heavy atom. The van der Waals surface area contributed by atoms with Crippen LogP contribution in [0.2, 0.25) is 10.3 Å². The normalized spacial score (nSPS) is 11.1. The van der Waals surface area contributed by atoms with Crippen molar-refractivity contribution in [2.75, 3.05) is 0 Å². The molecule has 3 nitrogen and oxygen atoms in total. The first-order valence-electron chi connectivity index (χ1n) is 5.34. The molecule has 3 rings (SSSR count). The Morgan fingerprint density at radius 1 is 1.06 bits per heavy atom. The molecule has 0 fully saturated rings. The summed E-state index contributed by atoms with van der Waals surface area (Å²) in [7, 11) is 0. The number of nitrogens with zero attached hydrogens (tertiary/aromatic N) is 2. The zero-order valence-corrected chi connectivity index (χ0v) is 11.0. The standard InChI is InChI=1S/C13H8Cl2N2O/c1-7-11(14)16-13(17-12(7)15)10-6-8-4-2-3-5-9(8)18-10/h2-6H,1H3. The molecule has 0 saturated heterocycles. The van der Waals surface area contributed by atoms with Gasteiger partial charge in [0.2, 0.25) is 0 Å². The molecular formula is C13H8Cl2N2O. The van der Waals surface area contributed by atoms with Crippen LogP contribution >= 0.6 is 23.2 Å². The predicted molar refractivity (Wildman–Crippen MR) is 72.0 cm³/mol. The molecule has 0 aliphatic heterocycles. The third kappa shape index (κ3) is 1.85. The van der Waals surface area contributed by atoms with E-state index in [1.54, 1.807) is 6.92 Å². The lowest BCUT2D eigenvalue weighted by molar-refractivity contribution is 0.625. The topological polar surface area (TPSA) is 38.9 Å². The Morgan fingerprint density at radius 3 is 2.39 bits per heavy atom. The number of hydrogen-bond donors (Lipinski definition) is 0. The number of furan rings is 1. The van der Waals surface area contributed by atoms with Gasteiger partial charge in [-0.05, 0) is 19.1 Å². The molecule has 18 heavy (non-hydrogen) atoms.